The third kappa shape index (κ3) is 5.30. The highest BCUT2D eigenvalue weighted by molar-refractivity contribution is 6.31. The van der Waals surface area contributed by atoms with Gasteiger partial charge in [-0.1, -0.05) is 18.5 Å². The first-order valence-corrected chi connectivity index (χ1v) is 9.22. The number of halogens is 1. The lowest BCUT2D eigenvalue weighted by molar-refractivity contribution is -0.128. The summed E-state index contributed by atoms with van der Waals surface area (Å²) in [5.74, 6) is 1.81. The van der Waals surface area contributed by atoms with Crippen molar-refractivity contribution in [3.05, 3.63) is 52.5 Å². The Kier molecular flexibility index (Phi) is 7.36. The van der Waals surface area contributed by atoms with Gasteiger partial charge in [0, 0.05) is 10.6 Å². The fraction of sp³-hybridized carbons (Fsp3) is 0.381. The molecule has 0 saturated heterocycles. The molecule has 0 saturated carbocycles. The average Bonchev–Trinajstić information content (AvgIpc) is 2.67. The summed E-state index contributed by atoms with van der Waals surface area (Å²) in [6.45, 7) is 5.70. The van der Waals surface area contributed by atoms with Gasteiger partial charge in [0.25, 0.3) is 5.91 Å². The lowest BCUT2D eigenvalue weighted by atomic mass is 10.1. The second-order valence-corrected chi connectivity index (χ2v) is 6.67. The van der Waals surface area contributed by atoms with E-state index in [9.17, 15) is 4.79 Å². The van der Waals surface area contributed by atoms with Gasteiger partial charge in [-0.2, -0.15) is 0 Å². The maximum atomic E-state index is 12.7. The van der Waals surface area contributed by atoms with E-state index in [1.807, 2.05) is 45.0 Å². The summed E-state index contributed by atoms with van der Waals surface area (Å²) in [5, 5.41) is 3.66. The fourth-order valence-electron chi connectivity index (χ4n) is 2.74. The number of carbonyl (C=O) groups excluding carboxylic acids is 1. The maximum Gasteiger partial charge on any atom is 0.261 e. The van der Waals surface area contributed by atoms with Crippen LogP contribution < -0.4 is 19.5 Å². The normalized spacial score (nSPS) is 12.8. The van der Waals surface area contributed by atoms with E-state index in [1.54, 1.807) is 26.4 Å². The van der Waals surface area contributed by atoms with Gasteiger partial charge in [0.15, 0.2) is 6.10 Å². The Labute approximate surface area is 165 Å². The van der Waals surface area contributed by atoms with E-state index in [1.165, 1.54) is 0 Å². The van der Waals surface area contributed by atoms with Crippen LogP contribution in [0.1, 0.15) is 37.4 Å². The third-order valence-electron chi connectivity index (χ3n) is 4.33. The largest absolute Gasteiger partial charge is 0.497 e. The smallest absolute Gasteiger partial charge is 0.261 e. The molecule has 1 amide bonds. The molecule has 0 aromatic heterocycles. The molecule has 0 aliphatic heterocycles. The molecule has 146 valence electrons. The molecule has 0 aliphatic rings. The summed E-state index contributed by atoms with van der Waals surface area (Å²) in [4.78, 5) is 12.7. The second kappa shape index (κ2) is 9.51. The number of ether oxygens (including phenoxy) is 3. The zero-order chi connectivity index (χ0) is 20.0. The highest BCUT2D eigenvalue weighted by Crippen LogP contribution is 2.29. The Hall–Kier alpha value is -2.40. The minimum Gasteiger partial charge on any atom is -0.497 e. The molecule has 0 spiro atoms. The Morgan fingerprint density at radius 3 is 2.41 bits per heavy atom. The molecule has 2 atom stereocenters. The van der Waals surface area contributed by atoms with Gasteiger partial charge in [-0.3, -0.25) is 4.79 Å². The predicted molar refractivity (Wildman–Crippen MR) is 107 cm³/mol. The van der Waals surface area contributed by atoms with Gasteiger partial charge in [-0.05, 0) is 62.2 Å². The van der Waals surface area contributed by atoms with Gasteiger partial charge >= 0.3 is 0 Å². The minimum absolute atomic E-state index is 0.192. The van der Waals surface area contributed by atoms with Crippen molar-refractivity contribution in [1.29, 1.82) is 0 Å². The number of methoxy groups -OCH3 is 2. The molecule has 0 unspecified atom stereocenters. The van der Waals surface area contributed by atoms with Crippen LogP contribution in [0.5, 0.6) is 17.2 Å². The van der Waals surface area contributed by atoms with E-state index in [4.69, 9.17) is 25.8 Å². The zero-order valence-corrected chi connectivity index (χ0v) is 17.1. The van der Waals surface area contributed by atoms with Gasteiger partial charge < -0.3 is 19.5 Å². The summed E-state index contributed by atoms with van der Waals surface area (Å²) >= 11 is 6.05. The van der Waals surface area contributed by atoms with E-state index in [-0.39, 0.29) is 11.9 Å². The quantitative estimate of drug-likeness (QED) is 0.708. The number of rotatable bonds is 8. The zero-order valence-electron chi connectivity index (χ0n) is 16.3. The summed E-state index contributed by atoms with van der Waals surface area (Å²) in [5.41, 5.74) is 1.74. The second-order valence-electron chi connectivity index (χ2n) is 6.26. The van der Waals surface area contributed by atoms with Crippen molar-refractivity contribution < 1.29 is 19.0 Å². The highest BCUT2D eigenvalue weighted by Gasteiger charge is 2.22. The number of benzene rings is 2. The molecule has 6 heteroatoms. The summed E-state index contributed by atoms with van der Waals surface area (Å²) in [7, 11) is 3.20. The lowest BCUT2D eigenvalue weighted by Gasteiger charge is -2.22. The molecule has 0 fully saturated rings. The SMILES string of the molecule is CC[C@@H](Oc1ccc(Cl)c(C)c1)C(=O)N[C@@H](C)c1cc(OC)ccc1OC. The average molecular weight is 392 g/mol. The predicted octanol–water partition coefficient (Wildman–Crippen LogP) is 4.70. The Balaban J connectivity index is 2.12. The van der Waals surface area contributed by atoms with Crippen LogP contribution >= 0.6 is 11.6 Å². The highest BCUT2D eigenvalue weighted by atomic mass is 35.5. The van der Waals surface area contributed by atoms with E-state index >= 15 is 0 Å². The van der Waals surface area contributed by atoms with Crippen molar-refractivity contribution in [2.24, 2.45) is 0 Å². The fourth-order valence-corrected chi connectivity index (χ4v) is 2.86. The number of carbonyl (C=O) groups is 1. The molecule has 0 bridgehead atoms. The number of hydrogen-bond donors (Lipinski definition) is 1. The van der Waals surface area contributed by atoms with Gasteiger partial charge in [0.1, 0.15) is 17.2 Å². The Bertz CT molecular complexity index is 794. The monoisotopic (exact) mass is 391 g/mol. The van der Waals surface area contributed by atoms with Crippen LogP contribution in [0.3, 0.4) is 0 Å². The van der Waals surface area contributed by atoms with Crippen LogP contribution in [0.25, 0.3) is 0 Å². The van der Waals surface area contributed by atoms with Gasteiger partial charge in [-0.25, -0.2) is 0 Å². The van der Waals surface area contributed by atoms with Crippen LogP contribution in [0.15, 0.2) is 36.4 Å². The van der Waals surface area contributed by atoms with Crippen LogP contribution in [-0.2, 0) is 4.79 Å². The first kappa shape index (κ1) is 20.9. The molecule has 27 heavy (non-hydrogen) atoms. The van der Waals surface area contributed by atoms with Crippen molar-refractivity contribution in [1.82, 2.24) is 5.32 Å². The van der Waals surface area contributed by atoms with Gasteiger partial charge in [0.05, 0.1) is 20.3 Å². The molecule has 1 N–H and O–H groups in total. The number of hydrogen-bond acceptors (Lipinski definition) is 4. The molecular weight excluding hydrogens is 366 g/mol. The maximum absolute atomic E-state index is 12.7. The third-order valence-corrected chi connectivity index (χ3v) is 4.76. The Morgan fingerprint density at radius 1 is 1.11 bits per heavy atom. The van der Waals surface area contributed by atoms with E-state index < -0.39 is 6.10 Å². The molecule has 2 aromatic carbocycles. The van der Waals surface area contributed by atoms with Crippen molar-refractivity contribution >= 4 is 17.5 Å². The number of amides is 1. The number of nitrogens with one attached hydrogen (secondary N) is 1. The van der Waals surface area contributed by atoms with Crippen LogP contribution in [0.4, 0.5) is 0 Å². The molecule has 2 aromatic rings. The van der Waals surface area contributed by atoms with Crippen molar-refractivity contribution in [2.75, 3.05) is 14.2 Å². The summed E-state index contributed by atoms with van der Waals surface area (Å²) in [6, 6.07) is 10.6. The van der Waals surface area contributed by atoms with Crippen molar-refractivity contribution in [2.45, 2.75) is 39.3 Å². The van der Waals surface area contributed by atoms with Crippen LogP contribution in [0.2, 0.25) is 5.02 Å². The summed E-state index contributed by atoms with van der Waals surface area (Å²) in [6.07, 6.45) is -0.0697. The summed E-state index contributed by atoms with van der Waals surface area (Å²) < 4.78 is 16.6. The van der Waals surface area contributed by atoms with E-state index in [0.717, 1.165) is 11.1 Å². The molecule has 0 aliphatic carbocycles. The van der Waals surface area contributed by atoms with E-state index in [2.05, 4.69) is 5.32 Å². The first-order chi connectivity index (χ1) is 12.9. The molecule has 0 radical (unpaired) electrons. The molecule has 2 rings (SSSR count). The molecule has 5 nitrogen and oxygen atoms in total. The Morgan fingerprint density at radius 2 is 1.81 bits per heavy atom. The first-order valence-electron chi connectivity index (χ1n) is 8.84. The van der Waals surface area contributed by atoms with Crippen molar-refractivity contribution in [3.63, 3.8) is 0 Å². The molecular formula is C21H26ClNO4. The lowest BCUT2D eigenvalue weighted by Crippen LogP contribution is -2.39. The van der Waals surface area contributed by atoms with E-state index in [0.29, 0.717) is 28.7 Å². The van der Waals surface area contributed by atoms with Crippen LogP contribution in [-0.4, -0.2) is 26.2 Å². The topological polar surface area (TPSA) is 56.8 Å². The van der Waals surface area contributed by atoms with Gasteiger partial charge in [-0.15, -0.1) is 0 Å². The number of aryl methyl sites for hydroxylation is 1. The van der Waals surface area contributed by atoms with Crippen LogP contribution in [0, 0.1) is 6.92 Å². The standard InChI is InChI=1S/C21H26ClNO4/c1-6-19(27-16-7-9-18(22)13(2)11-16)21(24)23-14(3)17-12-15(25-4)8-10-20(17)26-5/h7-12,14,19H,6H2,1-5H3,(H,23,24)/t14-,19+/m0/s1. The minimum atomic E-state index is -0.607. The van der Waals surface area contributed by atoms with Crippen molar-refractivity contribution in [3.8, 4) is 17.2 Å². The van der Waals surface area contributed by atoms with Gasteiger partial charge in [0.2, 0.25) is 0 Å². The molecule has 0 heterocycles.